The van der Waals surface area contributed by atoms with Crippen LogP contribution in [0.2, 0.25) is 0 Å². The lowest BCUT2D eigenvalue weighted by molar-refractivity contribution is 0.414. The van der Waals surface area contributed by atoms with Gasteiger partial charge in [-0.2, -0.15) is 5.10 Å². The summed E-state index contributed by atoms with van der Waals surface area (Å²) < 4.78 is 5.18. The number of aryl methyl sites for hydroxylation is 1. The van der Waals surface area contributed by atoms with Crippen molar-refractivity contribution in [2.45, 2.75) is 32.9 Å². The molecule has 0 fully saturated rings. The maximum Gasteiger partial charge on any atom is 0.118 e. The molecular weight excluding hydrogens is 238 g/mol. The first kappa shape index (κ1) is 13.6. The predicted octanol–water partition coefficient (Wildman–Crippen LogP) is 2.97. The van der Waals surface area contributed by atoms with Crippen molar-refractivity contribution in [1.82, 2.24) is 15.5 Å². The fourth-order valence-corrected chi connectivity index (χ4v) is 2.12. The monoisotopic (exact) mass is 259 g/mol. The summed E-state index contributed by atoms with van der Waals surface area (Å²) in [6.45, 7) is 5.05. The highest BCUT2D eigenvalue weighted by Crippen LogP contribution is 2.20. The minimum atomic E-state index is 0.347. The van der Waals surface area contributed by atoms with Gasteiger partial charge in [-0.25, -0.2) is 0 Å². The molecule has 1 atom stereocenters. The smallest absolute Gasteiger partial charge is 0.118 e. The summed E-state index contributed by atoms with van der Waals surface area (Å²) >= 11 is 0. The number of methoxy groups -OCH3 is 1. The molecule has 19 heavy (non-hydrogen) atoms. The van der Waals surface area contributed by atoms with Crippen LogP contribution < -0.4 is 10.1 Å². The van der Waals surface area contributed by atoms with E-state index in [4.69, 9.17) is 4.74 Å². The third-order valence-electron chi connectivity index (χ3n) is 3.40. The Morgan fingerprint density at radius 2 is 2.05 bits per heavy atom. The fourth-order valence-electron chi connectivity index (χ4n) is 2.12. The van der Waals surface area contributed by atoms with Crippen molar-refractivity contribution in [3.05, 3.63) is 47.3 Å². The van der Waals surface area contributed by atoms with Crippen LogP contribution in [0.25, 0.3) is 0 Å². The van der Waals surface area contributed by atoms with Crippen LogP contribution in [-0.2, 0) is 6.54 Å². The number of aromatic nitrogens is 2. The highest BCUT2D eigenvalue weighted by molar-refractivity contribution is 5.29. The summed E-state index contributed by atoms with van der Waals surface area (Å²) in [4.78, 5) is 0. The van der Waals surface area contributed by atoms with Crippen LogP contribution in [0.15, 0.2) is 30.5 Å². The molecule has 102 valence electrons. The molecule has 4 nitrogen and oxygen atoms in total. The molecule has 0 spiro atoms. The van der Waals surface area contributed by atoms with Crippen LogP contribution in [0.5, 0.6) is 5.75 Å². The Morgan fingerprint density at radius 1 is 1.32 bits per heavy atom. The number of hydrogen-bond acceptors (Lipinski definition) is 3. The highest BCUT2D eigenvalue weighted by Gasteiger charge is 2.10. The van der Waals surface area contributed by atoms with Gasteiger partial charge in [0.05, 0.1) is 13.3 Å². The molecular formula is C15H21N3O. The standard InChI is InChI=1S/C15H21N3O/c1-4-15(12-5-7-14(19-3)8-6-12)16-9-13-10-17-18-11(13)2/h5-8,10,15-16H,4,9H2,1-3H3,(H,17,18)/t15-/m0/s1. The normalized spacial score (nSPS) is 12.4. The van der Waals surface area contributed by atoms with Gasteiger partial charge in [-0.05, 0) is 31.0 Å². The van der Waals surface area contributed by atoms with Gasteiger partial charge in [-0.1, -0.05) is 19.1 Å². The molecule has 0 aliphatic carbocycles. The molecule has 2 N–H and O–H groups in total. The lowest BCUT2D eigenvalue weighted by Gasteiger charge is -2.17. The Kier molecular flexibility index (Phi) is 4.58. The van der Waals surface area contributed by atoms with E-state index in [0.717, 1.165) is 24.4 Å². The number of ether oxygens (including phenoxy) is 1. The van der Waals surface area contributed by atoms with E-state index in [2.05, 4.69) is 34.6 Å². The minimum Gasteiger partial charge on any atom is -0.497 e. The van der Waals surface area contributed by atoms with Crippen LogP contribution in [0.4, 0.5) is 0 Å². The molecule has 2 aromatic rings. The quantitative estimate of drug-likeness (QED) is 0.838. The number of aromatic amines is 1. The SMILES string of the molecule is CC[C@H](NCc1cn[nH]c1C)c1ccc(OC)cc1. The van der Waals surface area contributed by atoms with Gasteiger partial charge in [0.2, 0.25) is 0 Å². The van der Waals surface area contributed by atoms with Gasteiger partial charge in [-0.15, -0.1) is 0 Å². The number of H-pyrrole nitrogens is 1. The van der Waals surface area contributed by atoms with Crippen LogP contribution in [0.3, 0.4) is 0 Å². The molecule has 1 heterocycles. The third-order valence-corrected chi connectivity index (χ3v) is 3.40. The summed E-state index contributed by atoms with van der Waals surface area (Å²) in [6.07, 6.45) is 2.92. The van der Waals surface area contributed by atoms with Crippen molar-refractivity contribution in [2.24, 2.45) is 0 Å². The molecule has 2 rings (SSSR count). The second-order valence-electron chi connectivity index (χ2n) is 4.64. The maximum absolute atomic E-state index is 5.18. The van der Waals surface area contributed by atoms with E-state index in [9.17, 15) is 0 Å². The number of nitrogens with one attached hydrogen (secondary N) is 2. The van der Waals surface area contributed by atoms with E-state index in [1.807, 2.05) is 25.3 Å². The first-order valence-electron chi connectivity index (χ1n) is 6.60. The summed E-state index contributed by atoms with van der Waals surface area (Å²) in [7, 11) is 1.69. The molecule has 4 heteroatoms. The van der Waals surface area contributed by atoms with Gasteiger partial charge in [0.25, 0.3) is 0 Å². The second-order valence-corrected chi connectivity index (χ2v) is 4.64. The maximum atomic E-state index is 5.18. The number of benzene rings is 1. The van der Waals surface area contributed by atoms with Gasteiger partial charge < -0.3 is 10.1 Å². The number of hydrogen-bond donors (Lipinski definition) is 2. The Bertz CT molecular complexity index is 504. The number of nitrogens with zero attached hydrogens (tertiary/aromatic N) is 1. The molecule has 0 saturated heterocycles. The molecule has 1 aromatic heterocycles. The average Bonchev–Trinajstić information content (AvgIpc) is 2.86. The molecule has 0 aliphatic rings. The molecule has 0 aliphatic heterocycles. The Hall–Kier alpha value is -1.81. The van der Waals surface area contributed by atoms with Crippen molar-refractivity contribution in [2.75, 3.05) is 7.11 Å². The zero-order valence-corrected chi connectivity index (χ0v) is 11.7. The fraction of sp³-hybridized carbons (Fsp3) is 0.400. The van der Waals surface area contributed by atoms with Crippen LogP contribution in [0, 0.1) is 6.92 Å². The average molecular weight is 259 g/mol. The molecule has 0 radical (unpaired) electrons. The van der Waals surface area contributed by atoms with Crippen LogP contribution >= 0.6 is 0 Å². The van der Waals surface area contributed by atoms with E-state index in [0.29, 0.717) is 6.04 Å². The predicted molar refractivity (Wildman–Crippen MR) is 76.2 cm³/mol. The minimum absolute atomic E-state index is 0.347. The van der Waals surface area contributed by atoms with Crippen LogP contribution in [0.1, 0.15) is 36.2 Å². The summed E-state index contributed by atoms with van der Waals surface area (Å²) in [5, 5.41) is 10.6. The first-order valence-corrected chi connectivity index (χ1v) is 6.60. The lowest BCUT2D eigenvalue weighted by atomic mass is 10.0. The van der Waals surface area contributed by atoms with E-state index < -0.39 is 0 Å². The molecule has 0 bridgehead atoms. The van der Waals surface area contributed by atoms with Gasteiger partial charge >= 0.3 is 0 Å². The van der Waals surface area contributed by atoms with Crippen molar-refractivity contribution in [3.63, 3.8) is 0 Å². The summed E-state index contributed by atoms with van der Waals surface area (Å²) in [5.41, 5.74) is 3.62. The van der Waals surface area contributed by atoms with Gasteiger partial charge in [0, 0.05) is 23.8 Å². The van der Waals surface area contributed by atoms with E-state index in [-0.39, 0.29) is 0 Å². The van der Waals surface area contributed by atoms with E-state index >= 15 is 0 Å². The van der Waals surface area contributed by atoms with Gasteiger partial charge in [-0.3, -0.25) is 5.10 Å². The third kappa shape index (κ3) is 3.35. The largest absolute Gasteiger partial charge is 0.497 e. The Labute approximate surface area is 114 Å². The molecule has 0 amide bonds. The molecule has 0 saturated carbocycles. The first-order chi connectivity index (χ1) is 9.24. The lowest BCUT2D eigenvalue weighted by Crippen LogP contribution is -2.20. The van der Waals surface area contributed by atoms with Crippen molar-refractivity contribution < 1.29 is 4.74 Å². The summed E-state index contributed by atoms with van der Waals surface area (Å²) in [5.74, 6) is 0.893. The van der Waals surface area contributed by atoms with Crippen molar-refractivity contribution in [3.8, 4) is 5.75 Å². The summed E-state index contributed by atoms with van der Waals surface area (Å²) in [6, 6.07) is 8.58. The molecule has 0 unspecified atom stereocenters. The van der Waals surface area contributed by atoms with Gasteiger partial charge in [0.1, 0.15) is 5.75 Å². The van der Waals surface area contributed by atoms with Crippen molar-refractivity contribution in [1.29, 1.82) is 0 Å². The molecule has 1 aromatic carbocycles. The van der Waals surface area contributed by atoms with Gasteiger partial charge in [0.15, 0.2) is 0 Å². The van der Waals surface area contributed by atoms with Crippen LogP contribution in [-0.4, -0.2) is 17.3 Å². The zero-order valence-electron chi connectivity index (χ0n) is 11.7. The Morgan fingerprint density at radius 3 is 2.58 bits per heavy atom. The van der Waals surface area contributed by atoms with Crippen molar-refractivity contribution >= 4 is 0 Å². The van der Waals surface area contributed by atoms with E-state index in [1.165, 1.54) is 11.1 Å². The number of rotatable bonds is 6. The highest BCUT2D eigenvalue weighted by atomic mass is 16.5. The topological polar surface area (TPSA) is 49.9 Å². The Balaban J connectivity index is 2.01. The zero-order chi connectivity index (χ0) is 13.7. The second kappa shape index (κ2) is 6.38. The van der Waals surface area contributed by atoms with E-state index in [1.54, 1.807) is 7.11 Å².